The van der Waals surface area contributed by atoms with Gasteiger partial charge in [-0.2, -0.15) is 5.26 Å². The van der Waals surface area contributed by atoms with Gasteiger partial charge >= 0.3 is 0 Å². The molecule has 0 aliphatic carbocycles. The van der Waals surface area contributed by atoms with Crippen molar-refractivity contribution in [2.75, 3.05) is 26.2 Å². The Hall–Kier alpha value is -3.44. The number of alkyl halides is 2. The molecule has 0 bridgehead atoms. The van der Waals surface area contributed by atoms with E-state index in [0.29, 0.717) is 22.9 Å². The maximum absolute atomic E-state index is 13.7. The Labute approximate surface area is 215 Å². The molecule has 8 heteroatoms. The number of H-pyrrole nitrogens is 1. The standard InChI is InChI=1S/C29H32F2N4O2/c1-19(2)34-12-8-22(9-13-34)37-23-6-7-25-24(17-23)26(21-5-3-4-20(16-21)18-32)27(33-25)28(36)35-14-10-29(30,31)11-15-35/h3-7,16-17,19,22,33H,8-15H2,1-2H3. The predicted octanol–water partition coefficient (Wildman–Crippen LogP) is 5.83. The quantitative estimate of drug-likeness (QED) is 0.473. The van der Waals surface area contributed by atoms with E-state index >= 15 is 0 Å². The van der Waals surface area contributed by atoms with Crippen LogP contribution in [-0.2, 0) is 0 Å². The fraction of sp³-hybridized carbons (Fsp3) is 0.448. The largest absolute Gasteiger partial charge is 0.490 e. The highest BCUT2D eigenvalue weighted by molar-refractivity contribution is 6.10. The number of carbonyl (C=O) groups excluding carboxylic acids is 1. The summed E-state index contributed by atoms with van der Waals surface area (Å²) in [6.07, 6.45) is 1.33. The summed E-state index contributed by atoms with van der Waals surface area (Å²) < 4.78 is 33.9. The van der Waals surface area contributed by atoms with Gasteiger partial charge in [-0.15, -0.1) is 0 Å². The molecule has 0 spiro atoms. The zero-order chi connectivity index (χ0) is 26.2. The van der Waals surface area contributed by atoms with E-state index in [2.05, 4.69) is 29.8 Å². The Bertz CT molecular complexity index is 1330. The van der Waals surface area contributed by atoms with Gasteiger partial charge in [-0.1, -0.05) is 12.1 Å². The highest BCUT2D eigenvalue weighted by Crippen LogP contribution is 2.37. The number of piperidine rings is 2. The number of hydrogen-bond donors (Lipinski definition) is 1. The molecular weight excluding hydrogens is 474 g/mol. The molecule has 2 aliphatic rings. The van der Waals surface area contributed by atoms with Crippen molar-refractivity contribution >= 4 is 16.8 Å². The van der Waals surface area contributed by atoms with Gasteiger partial charge in [-0.3, -0.25) is 4.79 Å². The van der Waals surface area contributed by atoms with Crippen LogP contribution in [0.5, 0.6) is 5.75 Å². The molecule has 1 N–H and O–H groups in total. The maximum atomic E-state index is 13.7. The zero-order valence-electron chi connectivity index (χ0n) is 21.3. The fourth-order valence-electron chi connectivity index (χ4n) is 5.35. The second-order valence-corrected chi connectivity index (χ2v) is 10.4. The van der Waals surface area contributed by atoms with E-state index in [1.807, 2.05) is 24.3 Å². The summed E-state index contributed by atoms with van der Waals surface area (Å²) in [5, 5.41) is 10.3. The van der Waals surface area contributed by atoms with Crippen molar-refractivity contribution in [3.63, 3.8) is 0 Å². The second kappa shape index (κ2) is 10.1. The van der Waals surface area contributed by atoms with Crippen LogP contribution in [0.25, 0.3) is 22.0 Å². The van der Waals surface area contributed by atoms with Gasteiger partial charge in [-0.25, -0.2) is 8.78 Å². The SMILES string of the molecule is CC(C)N1CCC(Oc2ccc3[nH]c(C(=O)N4CCC(F)(F)CC4)c(-c4cccc(C#N)c4)c3c2)CC1. The maximum Gasteiger partial charge on any atom is 0.270 e. The van der Waals surface area contributed by atoms with Crippen LogP contribution >= 0.6 is 0 Å². The van der Waals surface area contributed by atoms with Crippen molar-refractivity contribution in [2.45, 2.75) is 57.6 Å². The smallest absolute Gasteiger partial charge is 0.270 e. The van der Waals surface area contributed by atoms with E-state index in [-0.39, 0.29) is 37.9 Å². The summed E-state index contributed by atoms with van der Waals surface area (Å²) in [4.78, 5) is 20.7. The van der Waals surface area contributed by atoms with E-state index in [9.17, 15) is 18.8 Å². The number of halogens is 2. The number of benzene rings is 2. The van der Waals surface area contributed by atoms with E-state index in [1.165, 1.54) is 4.90 Å². The number of rotatable bonds is 5. The molecule has 0 unspecified atom stereocenters. The predicted molar refractivity (Wildman–Crippen MR) is 139 cm³/mol. The first-order chi connectivity index (χ1) is 17.7. The van der Waals surface area contributed by atoms with E-state index in [1.54, 1.807) is 18.2 Å². The van der Waals surface area contributed by atoms with Crippen molar-refractivity contribution < 1.29 is 18.3 Å². The minimum absolute atomic E-state index is 0.00229. The first-order valence-corrected chi connectivity index (χ1v) is 13.0. The van der Waals surface area contributed by atoms with Gasteiger partial charge in [0.2, 0.25) is 0 Å². The molecule has 194 valence electrons. The number of amides is 1. The van der Waals surface area contributed by atoms with Crippen LogP contribution in [0.1, 0.15) is 55.6 Å². The first-order valence-electron chi connectivity index (χ1n) is 13.0. The Morgan fingerprint density at radius 1 is 1.11 bits per heavy atom. The number of likely N-dealkylation sites (tertiary alicyclic amines) is 2. The zero-order valence-corrected chi connectivity index (χ0v) is 21.3. The molecule has 0 radical (unpaired) electrons. The Morgan fingerprint density at radius 2 is 1.84 bits per heavy atom. The average molecular weight is 507 g/mol. The number of fused-ring (bicyclic) bond motifs is 1. The fourth-order valence-corrected chi connectivity index (χ4v) is 5.35. The van der Waals surface area contributed by atoms with Crippen molar-refractivity contribution in [1.29, 1.82) is 5.26 Å². The van der Waals surface area contributed by atoms with Crippen molar-refractivity contribution in [1.82, 2.24) is 14.8 Å². The number of aromatic nitrogens is 1. The number of aromatic amines is 1. The van der Waals surface area contributed by atoms with Gasteiger partial charge in [0, 0.05) is 61.5 Å². The molecular formula is C29H32F2N4O2. The van der Waals surface area contributed by atoms with E-state index in [0.717, 1.165) is 48.1 Å². The van der Waals surface area contributed by atoms with Crippen molar-refractivity contribution in [3.8, 4) is 22.9 Å². The van der Waals surface area contributed by atoms with Crippen molar-refractivity contribution in [3.05, 3.63) is 53.7 Å². The molecule has 3 aromatic rings. The third kappa shape index (κ3) is 5.33. The highest BCUT2D eigenvalue weighted by Gasteiger charge is 2.37. The molecule has 5 rings (SSSR count). The minimum atomic E-state index is -2.74. The Balaban J connectivity index is 1.49. The minimum Gasteiger partial charge on any atom is -0.490 e. The molecule has 1 amide bonds. The lowest BCUT2D eigenvalue weighted by atomic mass is 9.98. The second-order valence-electron chi connectivity index (χ2n) is 10.4. The summed E-state index contributed by atoms with van der Waals surface area (Å²) in [5.74, 6) is -2.32. The third-order valence-corrected chi connectivity index (χ3v) is 7.56. The van der Waals surface area contributed by atoms with Gasteiger partial charge < -0.3 is 19.5 Å². The summed E-state index contributed by atoms with van der Waals surface area (Å²) in [6, 6.07) is 15.5. The monoisotopic (exact) mass is 506 g/mol. The van der Waals surface area contributed by atoms with Gasteiger partial charge in [0.25, 0.3) is 11.8 Å². The summed E-state index contributed by atoms with van der Waals surface area (Å²) in [7, 11) is 0. The number of carbonyl (C=O) groups is 1. The van der Waals surface area contributed by atoms with Gasteiger partial charge in [0.05, 0.1) is 11.6 Å². The number of nitrogens with one attached hydrogen (secondary N) is 1. The first kappa shape index (κ1) is 25.2. The molecule has 1 aromatic heterocycles. The van der Waals surface area contributed by atoms with E-state index < -0.39 is 5.92 Å². The third-order valence-electron chi connectivity index (χ3n) is 7.56. The van der Waals surface area contributed by atoms with Gasteiger partial charge in [0.15, 0.2) is 0 Å². The molecule has 2 aromatic carbocycles. The lowest BCUT2D eigenvalue weighted by molar-refractivity contribution is -0.0494. The summed E-state index contributed by atoms with van der Waals surface area (Å²) in [5.41, 5.74) is 2.96. The Morgan fingerprint density at radius 3 is 2.51 bits per heavy atom. The number of ether oxygens (including phenoxy) is 1. The molecule has 3 heterocycles. The number of nitriles is 1. The van der Waals surface area contributed by atoms with Crippen LogP contribution in [0.15, 0.2) is 42.5 Å². The van der Waals surface area contributed by atoms with Crippen LogP contribution in [0.3, 0.4) is 0 Å². The molecule has 6 nitrogen and oxygen atoms in total. The van der Waals surface area contributed by atoms with Gasteiger partial charge in [0.1, 0.15) is 17.5 Å². The molecule has 2 aliphatic heterocycles. The molecule has 0 saturated carbocycles. The molecule has 2 saturated heterocycles. The van der Waals surface area contributed by atoms with E-state index in [4.69, 9.17) is 4.74 Å². The lowest BCUT2D eigenvalue weighted by Crippen LogP contribution is -2.43. The van der Waals surface area contributed by atoms with Crippen LogP contribution in [0.4, 0.5) is 8.78 Å². The van der Waals surface area contributed by atoms with Gasteiger partial charge in [-0.05, 0) is 62.6 Å². The highest BCUT2D eigenvalue weighted by atomic mass is 19.3. The summed E-state index contributed by atoms with van der Waals surface area (Å²) >= 11 is 0. The number of hydrogen-bond acceptors (Lipinski definition) is 4. The lowest BCUT2D eigenvalue weighted by Gasteiger charge is -2.34. The molecule has 2 fully saturated rings. The number of nitrogens with zero attached hydrogens (tertiary/aromatic N) is 3. The van der Waals surface area contributed by atoms with Crippen molar-refractivity contribution in [2.24, 2.45) is 0 Å². The van der Waals surface area contributed by atoms with Crippen LogP contribution in [-0.4, -0.2) is 64.9 Å². The van der Waals surface area contributed by atoms with Crippen LogP contribution in [0, 0.1) is 11.3 Å². The van der Waals surface area contributed by atoms with Crippen LogP contribution < -0.4 is 4.74 Å². The average Bonchev–Trinajstić information content (AvgIpc) is 3.27. The normalized spacial score (nSPS) is 18.8. The topological polar surface area (TPSA) is 72.4 Å². The summed E-state index contributed by atoms with van der Waals surface area (Å²) in [6.45, 7) is 6.41. The van der Waals surface area contributed by atoms with Crippen LogP contribution in [0.2, 0.25) is 0 Å². The molecule has 0 atom stereocenters. The Kier molecular flexibility index (Phi) is 6.91. The molecule has 37 heavy (non-hydrogen) atoms.